The van der Waals surface area contributed by atoms with E-state index in [-0.39, 0.29) is 29.8 Å². The van der Waals surface area contributed by atoms with Gasteiger partial charge in [0.2, 0.25) is 0 Å². The minimum atomic E-state index is -0.236. The molecule has 0 spiro atoms. The van der Waals surface area contributed by atoms with Crippen LogP contribution in [0.15, 0.2) is 18.2 Å². The Morgan fingerprint density at radius 3 is 2.54 bits per heavy atom. The fourth-order valence-electron chi connectivity index (χ4n) is 4.36. The maximum Gasteiger partial charge on any atom is 0.261 e. The summed E-state index contributed by atoms with van der Waals surface area (Å²) in [4.78, 5) is 41.7. The van der Waals surface area contributed by atoms with Crippen LogP contribution in [0.5, 0.6) is 0 Å². The molecule has 0 bridgehead atoms. The van der Waals surface area contributed by atoms with Crippen LogP contribution in [0.25, 0.3) is 0 Å². The van der Waals surface area contributed by atoms with Gasteiger partial charge >= 0.3 is 0 Å². The number of piperazine rings is 1. The lowest BCUT2D eigenvalue weighted by Gasteiger charge is -2.32. The van der Waals surface area contributed by atoms with Crippen LogP contribution in [0.4, 0.5) is 0 Å². The van der Waals surface area contributed by atoms with Crippen LogP contribution in [0.1, 0.15) is 70.1 Å². The number of amides is 3. The maximum absolute atomic E-state index is 12.9. The van der Waals surface area contributed by atoms with E-state index in [4.69, 9.17) is 0 Å². The SMILES string of the molecule is CC1CN(C(=O)c2ccc3c(c2)C(=O)N(C2CCCCC2)C3=O)CCN1. The predicted octanol–water partition coefficient (Wildman–Crippen LogP) is 2.05. The summed E-state index contributed by atoms with van der Waals surface area (Å²) in [5.74, 6) is -0.510. The Kier molecular flexibility index (Phi) is 4.53. The van der Waals surface area contributed by atoms with Crippen molar-refractivity contribution in [1.82, 2.24) is 15.1 Å². The van der Waals surface area contributed by atoms with Crippen LogP contribution >= 0.6 is 0 Å². The van der Waals surface area contributed by atoms with Crippen molar-refractivity contribution in [3.8, 4) is 0 Å². The largest absolute Gasteiger partial charge is 0.336 e. The number of carbonyl (C=O) groups excluding carboxylic acids is 3. The third kappa shape index (κ3) is 2.92. The van der Waals surface area contributed by atoms with E-state index in [0.717, 1.165) is 32.2 Å². The summed E-state index contributed by atoms with van der Waals surface area (Å²) in [6.07, 6.45) is 5.05. The fraction of sp³-hybridized carbons (Fsp3) is 0.550. The summed E-state index contributed by atoms with van der Waals surface area (Å²) in [5.41, 5.74) is 1.31. The maximum atomic E-state index is 12.9. The summed E-state index contributed by atoms with van der Waals surface area (Å²) in [6.45, 7) is 4.12. The zero-order chi connectivity index (χ0) is 18.3. The minimum absolute atomic E-state index is 0.00400. The van der Waals surface area contributed by atoms with Gasteiger partial charge in [0.25, 0.3) is 17.7 Å². The molecule has 2 aliphatic heterocycles. The van der Waals surface area contributed by atoms with Crippen LogP contribution in [0.2, 0.25) is 0 Å². The quantitative estimate of drug-likeness (QED) is 0.825. The number of hydrogen-bond acceptors (Lipinski definition) is 4. The predicted molar refractivity (Wildman–Crippen MR) is 97.2 cm³/mol. The molecule has 3 amide bonds. The molecule has 0 aromatic heterocycles. The Labute approximate surface area is 153 Å². The van der Waals surface area contributed by atoms with Gasteiger partial charge in [-0.05, 0) is 38.0 Å². The van der Waals surface area contributed by atoms with Crippen molar-refractivity contribution in [2.75, 3.05) is 19.6 Å². The molecule has 1 aromatic carbocycles. The van der Waals surface area contributed by atoms with Gasteiger partial charge < -0.3 is 10.2 Å². The lowest BCUT2D eigenvalue weighted by atomic mass is 9.94. The van der Waals surface area contributed by atoms with Crippen molar-refractivity contribution >= 4 is 17.7 Å². The second-order valence-electron chi connectivity index (χ2n) is 7.64. The Hall–Kier alpha value is -2.21. The van der Waals surface area contributed by atoms with Crippen molar-refractivity contribution < 1.29 is 14.4 Å². The smallest absolute Gasteiger partial charge is 0.261 e. The molecule has 26 heavy (non-hydrogen) atoms. The summed E-state index contributed by atoms with van der Waals surface area (Å²) in [7, 11) is 0. The second kappa shape index (κ2) is 6.83. The molecular formula is C20H25N3O3. The van der Waals surface area contributed by atoms with E-state index >= 15 is 0 Å². The molecule has 1 aliphatic carbocycles. The van der Waals surface area contributed by atoms with Gasteiger partial charge in [0, 0.05) is 37.3 Å². The molecule has 1 aromatic rings. The molecule has 6 heteroatoms. The molecule has 6 nitrogen and oxygen atoms in total. The van der Waals surface area contributed by atoms with Gasteiger partial charge in [-0.15, -0.1) is 0 Å². The first-order valence-corrected chi connectivity index (χ1v) is 9.61. The van der Waals surface area contributed by atoms with E-state index in [1.165, 1.54) is 11.3 Å². The van der Waals surface area contributed by atoms with Crippen molar-refractivity contribution in [1.29, 1.82) is 0 Å². The summed E-state index contributed by atoms with van der Waals surface area (Å²) < 4.78 is 0. The molecule has 3 aliphatic rings. The molecule has 4 rings (SSSR count). The average molecular weight is 355 g/mol. The highest BCUT2D eigenvalue weighted by Crippen LogP contribution is 2.31. The highest BCUT2D eigenvalue weighted by Gasteiger charge is 2.40. The average Bonchev–Trinajstić information content (AvgIpc) is 2.92. The lowest BCUT2D eigenvalue weighted by molar-refractivity contribution is 0.0548. The highest BCUT2D eigenvalue weighted by atomic mass is 16.2. The van der Waals surface area contributed by atoms with Gasteiger partial charge in [0.05, 0.1) is 11.1 Å². The molecule has 1 saturated carbocycles. The van der Waals surface area contributed by atoms with E-state index in [1.807, 2.05) is 11.8 Å². The summed E-state index contributed by atoms with van der Waals surface area (Å²) in [6, 6.07) is 5.21. The number of carbonyl (C=O) groups is 3. The number of rotatable bonds is 2. The monoisotopic (exact) mass is 355 g/mol. The topological polar surface area (TPSA) is 69.7 Å². The first-order valence-electron chi connectivity index (χ1n) is 9.61. The standard InChI is InChI=1S/C20H25N3O3/c1-13-12-22(10-9-21-13)18(24)14-7-8-16-17(11-14)20(26)23(19(16)25)15-5-3-2-4-6-15/h7-8,11,13,15,21H,2-6,9-10,12H2,1H3. The van der Waals surface area contributed by atoms with Crippen LogP contribution in [-0.4, -0.2) is 59.2 Å². The van der Waals surface area contributed by atoms with Crippen molar-refractivity contribution in [2.45, 2.75) is 51.1 Å². The van der Waals surface area contributed by atoms with Crippen LogP contribution in [0.3, 0.4) is 0 Å². The second-order valence-corrected chi connectivity index (χ2v) is 7.64. The molecule has 2 heterocycles. The van der Waals surface area contributed by atoms with Gasteiger partial charge in [0.1, 0.15) is 0 Å². The van der Waals surface area contributed by atoms with Crippen molar-refractivity contribution in [2.24, 2.45) is 0 Å². The molecule has 1 N–H and O–H groups in total. The van der Waals surface area contributed by atoms with Gasteiger partial charge in [-0.25, -0.2) is 0 Å². The van der Waals surface area contributed by atoms with E-state index in [9.17, 15) is 14.4 Å². The Balaban J connectivity index is 1.58. The van der Waals surface area contributed by atoms with Gasteiger partial charge in [-0.3, -0.25) is 19.3 Å². The zero-order valence-corrected chi connectivity index (χ0v) is 15.2. The van der Waals surface area contributed by atoms with Gasteiger partial charge in [-0.1, -0.05) is 19.3 Å². The number of fused-ring (bicyclic) bond motifs is 1. The summed E-state index contributed by atoms with van der Waals surface area (Å²) >= 11 is 0. The molecule has 1 unspecified atom stereocenters. The van der Waals surface area contributed by atoms with Crippen LogP contribution in [0, 0.1) is 0 Å². The van der Waals surface area contributed by atoms with Crippen molar-refractivity contribution in [3.63, 3.8) is 0 Å². The molecular weight excluding hydrogens is 330 g/mol. The van der Waals surface area contributed by atoms with Crippen LogP contribution < -0.4 is 5.32 Å². The normalized spacial score (nSPS) is 24.1. The molecule has 2 fully saturated rings. The number of benzene rings is 1. The van der Waals surface area contributed by atoms with Gasteiger partial charge in [0.15, 0.2) is 0 Å². The Morgan fingerprint density at radius 1 is 1.08 bits per heavy atom. The Morgan fingerprint density at radius 2 is 1.81 bits per heavy atom. The highest BCUT2D eigenvalue weighted by molar-refractivity contribution is 6.22. The number of nitrogens with one attached hydrogen (secondary N) is 1. The number of imide groups is 1. The number of hydrogen-bond donors (Lipinski definition) is 1. The minimum Gasteiger partial charge on any atom is -0.336 e. The van der Waals surface area contributed by atoms with E-state index in [0.29, 0.717) is 29.8 Å². The third-order valence-electron chi connectivity index (χ3n) is 5.76. The third-order valence-corrected chi connectivity index (χ3v) is 5.76. The molecule has 138 valence electrons. The van der Waals surface area contributed by atoms with E-state index in [2.05, 4.69) is 5.32 Å². The Bertz CT molecular complexity index is 755. The molecule has 1 atom stereocenters. The first-order chi connectivity index (χ1) is 12.6. The van der Waals surface area contributed by atoms with Gasteiger partial charge in [-0.2, -0.15) is 0 Å². The zero-order valence-electron chi connectivity index (χ0n) is 15.2. The number of nitrogens with zero attached hydrogens (tertiary/aromatic N) is 2. The first kappa shape index (κ1) is 17.2. The van der Waals surface area contributed by atoms with E-state index in [1.54, 1.807) is 18.2 Å². The fourth-order valence-corrected chi connectivity index (χ4v) is 4.36. The lowest BCUT2D eigenvalue weighted by Crippen LogP contribution is -2.51. The van der Waals surface area contributed by atoms with E-state index < -0.39 is 0 Å². The molecule has 0 radical (unpaired) electrons. The summed E-state index contributed by atoms with van der Waals surface area (Å²) in [5, 5.41) is 3.32. The van der Waals surface area contributed by atoms with Crippen molar-refractivity contribution in [3.05, 3.63) is 34.9 Å². The molecule has 1 saturated heterocycles. The van der Waals surface area contributed by atoms with Crippen LogP contribution in [-0.2, 0) is 0 Å².